The highest BCUT2D eigenvalue weighted by molar-refractivity contribution is 7.13. The maximum atomic E-state index is 13.5. The third-order valence-electron chi connectivity index (χ3n) is 3.29. The number of amides is 1. The summed E-state index contributed by atoms with van der Waals surface area (Å²) in [6, 6.07) is 13.2. The number of carbonyl (C=O) groups is 1. The molecule has 2 aromatic carbocycles. The number of hydrogen-bond acceptors (Lipinski definition) is 4. The quantitative estimate of drug-likeness (QED) is 0.747. The Kier molecular flexibility index (Phi) is 4.86. The van der Waals surface area contributed by atoms with Gasteiger partial charge < -0.3 is 4.74 Å². The molecule has 1 heterocycles. The van der Waals surface area contributed by atoms with Gasteiger partial charge in [0, 0.05) is 10.9 Å². The number of aryl methyl sites for hydroxylation is 1. The van der Waals surface area contributed by atoms with Crippen LogP contribution in [0.3, 0.4) is 0 Å². The predicted molar refractivity (Wildman–Crippen MR) is 92.0 cm³/mol. The number of aromatic nitrogens is 1. The molecular formula is C18H15FN2O2S. The van der Waals surface area contributed by atoms with Gasteiger partial charge in [-0.05, 0) is 36.8 Å². The number of benzene rings is 2. The van der Waals surface area contributed by atoms with Crippen molar-refractivity contribution in [3.05, 3.63) is 76.5 Å². The van der Waals surface area contributed by atoms with E-state index in [1.807, 2.05) is 12.3 Å². The van der Waals surface area contributed by atoms with Gasteiger partial charge in [0.1, 0.15) is 6.61 Å². The number of rotatable bonds is 5. The lowest BCUT2D eigenvalue weighted by atomic mass is 10.1. The zero-order valence-corrected chi connectivity index (χ0v) is 13.8. The summed E-state index contributed by atoms with van der Waals surface area (Å²) in [7, 11) is 0. The summed E-state index contributed by atoms with van der Waals surface area (Å²) in [5.41, 5.74) is 2.24. The zero-order chi connectivity index (χ0) is 16.9. The number of nitrogens with zero attached hydrogens (tertiary/aromatic N) is 1. The molecule has 0 fully saturated rings. The van der Waals surface area contributed by atoms with Crippen LogP contribution in [0.15, 0.2) is 53.9 Å². The van der Waals surface area contributed by atoms with Gasteiger partial charge in [-0.1, -0.05) is 24.3 Å². The Morgan fingerprint density at radius 2 is 1.96 bits per heavy atom. The maximum absolute atomic E-state index is 13.5. The second-order valence-corrected chi connectivity index (χ2v) is 6.02. The molecule has 0 spiro atoms. The molecule has 0 radical (unpaired) electrons. The number of hydrogen-bond donors (Lipinski definition) is 1. The smallest absolute Gasteiger partial charge is 0.257 e. The second-order valence-electron chi connectivity index (χ2n) is 5.16. The van der Waals surface area contributed by atoms with Crippen molar-refractivity contribution in [2.75, 3.05) is 5.32 Å². The molecule has 0 atom stereocenters. The van der Waals surface area contributed by atoms with Crippen LogP contribution in [0.2, 0.25) is 0 Å². The fourth-order valence-electron chi connectivity index (χ4n) is 2.06. The predicted octanol–water partition coefficient (Wildman–Crippen LogP) is 4.42. The molecule has 4 nitrogen and oxygen atoms in total. The number of thiazole rings is 1. The summed E-state index contributed by atoms with van der Waals surface area (Å²) in [5.74, 6) is -0.406. The summed E-state index contributed by atoms with van der Waals surface area (Å²) < 4.78 is 18.9. The highest BCUT2D eigenvalue weighted by Gasteiger charge is 2.08. The van der Waals surface area contributed by atoms with Crippen LogP contribution in [0.5, 0.6) is 5.75 Å². The van der Waals surface area contributed by atoms with Crippen molar-refractivity contribution < 1.29 is 13.9 Å². The van der Waals surface area contributed by atoms with Gasteiger partial charge in [0.15, 0.2) is 16.7 Å². The normalized spacial score (nSPS) is 10.4. The number of anilines is 1. The lowest BCUT2D eigenvalue weighted by Crippen LogP contribution is -2.11. The van der Waals surface area contributed by atoms with E-state index in [0.29, 0.717) is 10.7 Å². The third-order valence-corrected chi connectivity index (χ3v) is 4.16. The molecule has 122 valence electrons. The molecule has 0 saturated heterocycles. The monoisotopic (exact) mass is 342 g/mol. The van der Waals surface area contributed by atoms with E-state index in [-0.39, 0.29) is 18.3 Å². The molecule has 1 N–H and O–H groups in total. The Bertz CT molecular complexity index is 846. The van der Waals surface area contributed by atoms with Crippen molar-refractivity contribution in [2.24, 2.45) is 0 Å². The van der Waals surface area contributed by atoms with Gasteiger partial charge in [-0.25, -0.2) is 9.37 Å². The number of para-hydroxylation sites is 1. The Balaban J connectivity index is 1.60. The molecule has 24 heavy (non-hydrogen) atoms. The van der Waals surface area contributed by atoms with E-state index in [9.17, 15) is 9.18 Å². The lowest BCUT2D eigenvalue weighted by Gasteiger charge is -2.08. The Hall–Kier alpha value is -2.73. The van der Waals surface area contributed by atoms with Crippen LogP contribution in [-0.2, 0) is 6.61 Å². The third kappa shape index (κ3) is 3.97. The highest BCUT2D eigenvalue weighted by atomic mass is 32.1. The van der Waals surface area contributed by atoms with Gasteiger partial charge in [0.2, 0.25) is 0 Å². The molecule has 0 unspecified atom stereocenters. The van der Waals surface area contributed by atoms with E-state index in [1.54, 1.807) is 42.5 Å². The molecule has 0 aliphatic rings. The summed E-state index contributed by atoms with van der Waals surface area (Å²) >= 11 is 1.38. The molecule has 0 aliphatic carbocycles. The van der Waals surface area contributed by atoms with Gasteiger partial charge in [0.05, 0.1) is 5.69 Å². The Morgan fingerprint density at radius 1 is 1.21 bits per heavy atom. The molecule has 6 heteroatoms. The molecule has 1 amide bonds. The zero-order valence-electron chi connectivity index (χ0n) is 13.0. The van der Waals surface area contributed by atoms with E-state index < -0.39 is 5.82 Å². The van der Waals surface area contributed by atoms with Crippen molar-refractivity contribution in [1.29, 1.82) is 0 Å². The lowest BCUT2D eigenvalue weighted by molar-refractivity contribution is 0.102. The minimum Gasteiger partial charge on any atom is -0.486 e. The molecular weight excluding hydrogens is 327 g/mol. The molecule has 1 aromatic heterocycles. The van der Waals surface area contributed by atoms with Crippen LogP contribution in [0.4, 0.5) is 9.52 Å². The van der Waals surface area contributed by atoms with Gasteiger partial charge in [-0.15, -0.1) is 11.3 Å². The van der Waals surface area contributed by atoms with E-state index in [4.69, 9.17) is 4.74 Å². The van der Waals surface area contributed by atoms with Gasteiger partial charge in [-0.2, -0.15) is 0 Å². The standard InChI is InChI=1S/C18H15FN2O2S/c1-12-11-24-18(20-12)21-17(22)14-8-6-13(7-9-14)10-23-16-5-3-2-4-15(16)19/h2-9,11H,10H2,1H3,(H,20,21,22). The topological polar surface area (TPSA) is 51.2 Å². The number of carbonyl (C=O) groups excluding carboxylic acids is 1. The van der Waals surface area contributed by atoms with Crippen LogP contribution in [0.25, 0.3) is 0 Å². The molecule has 0 bridgehead atoms. The minimum absolute atomic E-state index is 0.207. The summed E-state index contributed by atoms with van der Waals surface area (Å²) in [4.78, 5) is 16.3. The van der Waals surface area contributed by atoms with Gasteiger partial charge in [-0.3, -0.25) is 10.1 Å². The first-order valence-corrected chi connectivity index (χ1v) is 8.19. The van der Waals surface area contributed by atoms with Crippen molar-refractivity contribution >= 4 is 22.4 Å². The number of ether oxygens (including phenoxy) is 1. The van der Waals surface area contributed by atoms with E-state index in [1.165, 1.54) is 17.4 Å². The molecule has 3 aromatic rings. The molecule has 0 aliphatic heterocycles. The first-order chi connectivity index (χ1) is 11.6. The maximum Gasteiger partial charge on any atom is 0.257 e. The second kappa shape index (κ2) is 7.23. The fraction of sp³-hybridized carbons (Fsp3) is 0.111. The van der Waals surface area contributed by atoms with Crippen molar-refractivity contribution in [2.45, 2.75) is 13.5 Å². The largest absolute Gasteiger partial charge is 0.486 e. The van der Waals surface area contributed by atoms with Gasteiger partial charge in [0.25, 0.3) is 5.91 Å². The van der Waals surface area contributed by atoms with Crippen LogP contribution >= 0.6 is 11.3 Å². The van der Waals surface area contributed by atoms with E-state index in [2.05, 4.69) is 10.3 Å². The van der Waals surface area contributed by atoms with E-state index in [0.717, 1.165) is 11.3 Å². The van der Waals surface area contributed by atoms with Crippen LogP contribution in [0, 0.1) is 12.7 Å². The SMILES string of the molecule is Cc1csc(NC(=O)c2ccc(COc3ccccc3F)cc2)n1. The van der Waals surface area contributed by atoms with Crippen LogP contribution < -0.4 is 10.1 Å². The van der Waals surface area contributed by atoms with Crippen molar-refractivity contribution in [3.8, 4) is 5.75 Å². The molecule has 3 rings (SSSR count). The summed E-state index contributed by atoms with van der Waals surface area (Å²) in [6.07, 6.45) is 0. The Morgan fingerprint density at radius 3 is 2.62 bits per heavy atom. The number of nitrogens with one attached hydrogen (secondary N) is 1. The van der Waals surface area contributed by atoms with Crippen LogP contribution in [-0.4, -0.2) is 10.9 Å². The average molecular weight is 342 g/mol. The van der Waals surface area contributed by atoms with Gasteiger partial charge >= 0.3 is 0 Å². The summed E-state index contributed by atoms with van der Waals surface area (Å²) in [5, 5.41) is 5.20. The van der Waals surface area contributed by atoms with Crippen molar-refractivity contribution in [1.82, 2.24) is 4.98 Å². The molecule has 0 saturated carbocycles. The Labute approximate surface area is 142 Å². The average Bonchev–Trinajstić information content (AvgIpc) is 2.99. The highest BCUT2D eigenvalue weighted by Crippen LogP contribution is 2.18. The van der Waals surface area contributed by atoms with E-state index >= 15 is 0 Å². The van der Waals surface area contributed by atoms with Crippen molar-refractivity contribution in [3.63, 3.8) is 0 Å². The first kappa shape index (κ1) is 16.1. The fourth-order valence-corrected chi connectivity index (χ4v) is 2.74. The number of halogens is 1. The minimum atomic E-state index is -0.396. The van der Waals surface area contributed by atoms with Crippen LogP contribution in [0.1, 0.15) is 21.6 Å². The summed E-state index contributed by atoms with van der Waals surface area (Å²) in [6.45, 7) is 2.10. The first-order valence-electron chi connectivity index (χ1n) is 7.31.